The van der Waals surface area contributed by atoms with Gasteiger partial charge in [0.25, 0.3) is 0 Å². The zero-order valence-electron chi connectivity index (χ0n) is 11.8. The fourth-order valence-corrected chi connectivity index (χ4v) is 3.45. The highest BCUT2D eigenvalue weighted by atomic mass is 16.3. The number of aliphatic hydroxyl groups excluding tert-OH is 1. The average molecular weight is 248 g/mol. The summed E-state index contributed by atoms with van der Waals surface area (Å²) >= 11 is 0. The number of ketones is 1. The number of carbonyl (C=O) groups excluding carboxylic acids is 1. The van der Waals surface area contributed by atoms with Crippen molar-refractivity contribution in [2.75, 3.05) is 0 Å². The van der Waals surface area contributed by atoms with E-state index in [0.29, 0.717) is 0 Å². The van der Waals surface area contributed by atoms with Crippen LogP contribution in [0.3, 0.4) is 0 Å². The molecule has 2 aliphatic carbocycles. The van der Waals surface area contributed by atoms with Crippen LogP contribution in [0.1, 0.15) is 59.3 Å². The van der Waals surface area contributed by atoms with Crippen LogP contribution in [0.5, 0.6) is 0 Å². The van der Waals surface area contributed by atoms with Crippen molar-refractivity contribution in [3.05, 3.63) is 22.8 Å². The van der Waals surface area contributed by atoms with Gasteiger partial charge in [-0.1, -0.05) is 31.9 Å². The molecule has 2 rings (SSSR count). The lowest BCUT2D eigenvalue weighted by atomic mass is 9.61. The lowest BCUT2D eigenvalue weighted by Crippen LogP contribution is -2.42. The first-order valence-electron chi connectivity index (χ1n) is 7.12. The van der Waals surface area contributed by atoms with Crippen molar-refractivity contribution in [2.45, 2.75) is 65.4 Å². The summed E-state index contributed by atoms with van der Waals surface area (Å²) in [5, 5.41) is 10.3. The van der Waals surface area contributed by atoms with Crippen molar-refractivity contribution in [3.8, 4) is 0 Å². The van der Waals surface area contributed by atoms with Gasteiger partial charge in [0.05, 0.1) is 6.10 Å². The quantitative estimate of drug-likeness (QED) is 0.759. The highest BCUT2D eigenvalue weighted by molar-refractivity contribution is 6.09. The molecule has 0 aromatic heterocycles. The third kappa shape index (κ3) is 2.07. The van der Waals surface area contributed by atoms with Crippen molar-refractivity contribution in [3.63, 3.8) is 0 Å². The summed E-state index contributed by atoms with van der Waals surface area (Å²) in [5.41, 5.74) is 2.82. The number of carbonyl (C=O) groups is 1. The summed E-state index contributed by atoms with van der Waals surface area (Å²) in [6, 6.07) is 0. The summed E-state index contributed by atoms with van der Waals surface area (Å²) < 4.78 is 0. The molecule has 0 aromatic rings. The molecule has 1 saturated carbocycles. The molecule has 18 heavy (non-hydrogen) atoms. The largest absolute Gasteiger partial charge is 0.392 e. The SMILES string of the molecule is CCCC=C1C[C@@]2(C)C(=C(C)C1=O)CCC[C@@H]2O. The first-order chi connectivity index (χ1) is 8.50. The van der Waals surface area contributed by atoms with Crippen molar-refractivity contribution < 1.29 is 9.90 Å². The number of allylic oxidation sites excluding steroid dienone is 3. The summed E-state index contributed by atoms with van der Waals surface area (Å²) in [5.74, 6) is 0.213. The Morgan fingerprint density at radius 3 is 2.89 bits per heavy atom. The molecule has 2 atom stereocenters. The molecule has 100 valence electrons. The van der Waals surface area contributed by atoms with E-state index in [-0.39, 0.29) is 17.3 Å². The average Bonchev–Trinajstić information content (AvgIpc) is 2.35. The summed E-state index contributed by atoms with van der Waals surface area (Å²) in [6.07, 6.45) is 7.37. The molecule has 0 amide bonds. The van der Waals surface area contributed by atoms with Gasteiger partial charge in [0.2, 0.25) is 0 Å². The van der Waals surface area contributed by atoms with Crippen LogP contribution in [0, 0.1) is 5.41 Å². The van der Waals surface area contributed by atoms with Gasteiger partial charge in [0.15, 0.2) is 5.78 Å². The maximum atomic E-state index is 12.3. The Morgan fingerprint density at radius 1 is 1.50 bits per heavy atom. The first-order valence-corrected chi connectivity index (χ1v) is 7.12. The standard InChI is InChI=1S/C16H24O2/c1-4-5-7-12-10-16(3)13(11(2)15(12)18)8-6-9-14(16)17/h7,14,17H,4-6,8-10H2,1-3H3/t14-,16-/m0/s1. The molecule has 0 spiro atoms. The summed E-state index contributed by atoms with van der Waals surface area (Å²) in [6.45, 7) is 6.18. The number of hydrogen-bond donors (Lipinski definition) is 1. The molecule has 2 aliphatic rings. The minimum atomic E-state index is -0.297. The molecule has 0 bridgehead atoms. The molecule has 0 radical (unpaired) electrons. The van der Waals surface area contributed by atoms with E-state index in [1.165, 1.54) is 5.57 Å². The maximum Gasteiger partial charge on any atom is 0.184 e. The lowest BCUT2D eigenvalue weighted by molar-refractivity contribution is -0.113. The van der Waals surface area contributed by atoms with Crippen LogP contribution in [0.15, 0.2) is 22.8 Å². The Labute approximate surface area is 110 Å². The van der Waals surface area contributed by atoms with Gasteiger partial charge < -0.3 is 5.11 Å². The Morgan fingerprint density at radius 2 is 2.22 bits per heavy atom. The number of rotatable bonds is 2. The fourth-order valence-electron chi connectivity index (χ4n) is 3.45. The zero-order valence-corrected chi connectivity index (χ0v) is 11.8. The highest BCUT2D eigenvalue weighted by Gasteiger charge is 2.45. The fraction of sp³-hybridized carbons (Fsp3) is 0.688. The smallest absolute Gasteiger partial charge is 0.184 e. The number of unbranched alkanes of at least 4 members (excludes halogenated alkanes) is 1. The van der Waals surface area contributed by atoms with Crippen LogP contribution in [0.25, 0.3) is 0 Å². The molecular formula is C16H24O2. The Balaban J connectivity index is 2.42. The van der Waals surface area contributed by atoms with Crippen LogP contribution in [0.2, 0.25) is 0 Å². The van der Waals surface area contributed by atoms with Gasteiger partial charge in [-0.3, -0.25) is 4.79 Å². The van der Waals surface area contributed by atoms with E-state index < -0.39 is 0 Å². The third-order valence-corrected chi connectivity index (χ3v) is 4.65. The van der Waals surface area contributed by atoms with E-state index >= 15 is 0 Å². The third-order valence-electron chi connectivity index (χ3n) is 4.65. The van der Waals surface area contributed by atoms with Gasteiger partial charge in [0.1, 0.15) is 0 Å². The minimum absolute atomic E-state index is 0.199. The van der Waals surface area contributed by atoms with E-state index in [1.54, 1.807) is 0 Å². The number of aliphatic hydroxyl groups is 1. The van der Waals surface area contributed by atoms with Gasteiger partial charge in [-0.15, -0.1) is 0 Å². The molecule has 0 saturated heterocycles. The Kier molecular flexibility index (Phi) is 3.76. The maximum absolute atomic E-state index is 12.3. The normalized spacial score (nSPS) is 35.0. The van der Waals surface area contributed by atoms with Gasteiger partial charge in [-0.25, -0.2) is 0 Å². The lowest BCUT2D eigenvalue weighted by Gasteiger charge is -2.45. The molecule has 1 N–H and O–H groups in total. The predicted molar refractivity (Wildman–Crippen MR) is 73.3 cm³/mol. The molecular weight excluding hydrogens is 224 g/mol. The molecule has 0 unspecified atom stereocenters. The van der Waals surface area contributed by atoms with Crippen LogP contribution in [-0.4, -0.2) is 17.0 Å². The van der Waals surface area contributed by atoms with Gasteiger partial charge in [-0.2, -0.15) is 0 Å². The minimum Gasteiger partial charge on any atom is -0.392 e. The molecule has 1 fully saturated rings. The second kappa shape index (κ2) is 5.00. The van der Waals surface area contributed by atoms with E-state index in [4.69, 9.17) is 0 Å². The Hall–Kier alpha value is -0.890. The topological polar surface area (TPSA) is 37.3 Å². The van der Waals surface area contributed by atoms with Crippen LogP contribution in [-0.2, 0) is 4.79 Å². The number of hydrogen-bond acceptors (Lipinski definition) is 2. The van der Waals surface area contributed by atoms with E-state index in [1.807, 2.05) is 6.92 Å². The summed E-state index contributed by atoms with van der Waals surface area (Å²) in [7, 11) is 0. The number of Topliss-reactive ketones (excluding diaryl/α,β-unsaturated/α-hetero) is 1. The van der Waals surface area contributed by atoms with Crippen LogP contribution < -0.4 is 0 Å². The van der Waals surface area contributed by atoms with Crippen LogP contribution >= 0.6 is 0 Å². The predicted octanol–water partition coefficient (Wildman–Crippen LogP) is 3.55. The van der Waals surface area contributed by atoms with Crippen molar-refractivity contribution >= 4 is 5.78 Å². The molecule has 0 aromatic carbocycles. The van der Waals surface area contributed by atoms with E-state index in [2.05, 4.69) is 19.9 Å². The van der Waals surface area contributed by atoms with E-state index in [0.717, 1.165) is 49.7 Å². The second-order valence-corrected chi connectivity index (χ2v) is 5.95. The second-order valence-electron chi connectivity index (χ2n) is 5.95. The molecule has 0 aliphatic heterocycles. The van der Waals surface area contributed by atoms with Crippen LogP contribution in [0.4, 0.5) is 0 Å². The summed E-state index contributed by atoms with van der Waals surface area (Å²) in [4.78, 5) is 12.3. The van der Waals surface area contributed by atoms with Crippen molar-refractivity contribution in [1.82, 2.24) is 0 Å². The monoisotopic (exact) mass is 248 g/mol. The zero-order chi connectivity index (χ0) is 13.3. The van der Waals surface area contributed by atoms with Gasteiger partial charge in [-0.05, 0) is 50.2 Å². The molecule has 2 nitrogen and oxygen atoms in total. The van der Waals surface area contributed by atoms with E-state index in [9.17, 15) is 9.90 Å². The van der Waals surface area contributed by atoms with Gasteiger partial charge >= 0.3 is 0 Å². The highest BCUT2D eigenvalue weighted by Crippen LogP contribution is 2.50. The van der Waals surface area contributed by atoms with Crippen molar-refractivity contribution in [2.24, 2.45) is 5.41 Å². The first kappa shape index (κ1) is 13.5. The van der Waals surface area contributed by atoms with Crippen molar-refractivity contribution in [1.29, 1.82) is 0 Å². The number of fused-ring (bicyclic) bond motifs is 1. The molecule has 0 heterocycles. The van der Waals surface area contributed by atoms with Gasteiger partial charge in [0, 0.05) is 5.41 Å². The molecule has 2 heteroatoms. The Bertz CT molecular complexity index is 417.